The van der Waals surface area contributed by atoms with E-state index in [1.807, 2.05) is 0 Å². The third-order valence-electron chi connectivity index (χ3n) is 3.78. The molecule has 2 rings (SSSR count). The van der Waals surface area contributed by atoms with Crippen molar-refractivity contribution in [2.75, 3.05) is 19.0 Å². The number of carbonyl (C=O) groups is 3. The molecule has 0 aliphatic carbocycles. The van der Waals surface area contributed by atoms with Gasteiger partial charge in [0, 0.05) is 13.1 Å². The van der Waals surface area contributed by atoms with E-state index < -0.39 is 48.0 Å². The highest BCUT2D eigenvalue weighted by molar-refractivity contribution is 7.15. The number of hydrogen-bond donors (Lipinski definition) is 3. The lowest BCUT2D eigenvalue weighted by Gasteiger charge is -2.18. The molecule has 0 aliphatic heterocycles. The smallest absolute Gasteiger partial charge is 0.434 e. The molecule has 0 aromatic carbocycles. The van der Waals surface area contributed by atoms with Gasteiger partial charge in [0.05, 0.1) is 16.9 Å². The van der Waals surface area contributed by atoms with Gasteiger partial charge in [-0.2, -0.15) is 13.2 Å². The fraction of sp³-hybridized carbons (Fsp3) is 0.474. The monoisotopic (exact) mass is 508 g/mol. The molecule has 0 saturated heterocycles. The Morgan fingerprint density at radius 2 is 1.91 bits per heavy atom. The molecule has 33 heavy (non-hydrogen) atoms. The minimum absolute atomic E-state index is 0.216. The molecule has 0 radical (unpaired) electrons. The van der Waals surface area contributed by atoms with E-state index in [0.29, 0.717) is 16.2 Å². The quantitative estimate of drug-likeness (QED) is 0.466. The molecule has 2 heterocycles. The van der Waals surface area contributed by atoms with Gasteiger partial charge in [0.25, 0.3) is 5.91 Å². The Kier molecular flexibility index (Phi) is 8.80. The van der Waals surface area contributed by atoms with Crippen molar-refractivity contribution >= 4 is 45.8 Å². The number of nitrogens with one attached hydrogen (secondary N) is 3. The molecule has 2 aromatic heterocycles. The maximum atomic E-state index is 13.5. The number of alkyl halides is 3. The van der Waals surface area contributed by atoms with Crippen LogP contribution in [-0.4, -0.2) is 48.3 Å². The Morgan fingerprint density at radius 1 is 1.21 bits per heavy atom. The lowest BCUT2D eigenvalue weighted by atomic mass is 10.2. The molecule has 14 heteroatoms. The average Bonchev–Trinajstić information content (AvgIpc) is 3.35. The summed E-state index contributed by atoms with van der Waals surface area (Å²) in [5, 5.41) is 8.75. The van der Waals surface area contributed by atoms with E-state index in [1.165, 1.54) is 11.3 Å². The second-order valence-corrected chi connectivity index (χ2v) is 9.59. The van der Waals surface area contributed by atoms with Gasteiger partial charge in [0.2, 0.25) is 0 Å². The fourth-order valence-electron chi connectivity index (χ4n) is 2.42. The van der Waals surface area contributed by atoms with Crippen LogP contribution in [0.1, 0.15) is 41.0 Å². The number of rotatable bonds is 8. The predicted octanol–water partition coefficient (Wildman–Crippen LogP) is 3.63. The third-order valence-corrected chi connectivity index (χ3v) is 5.62. The normalized spacial score (nSPS) is 12.7. The molecule has 0 unspecified atom stereocenters. The number of esters is 1. The van der Waals surface area contributed by atoms with Gasteiger partial charge in [-0.15, -0.1) is 11.3 Å². The van der Waals surface area contributed by atoms with Crippen molar-refractivity contribution in [1.82, 2.24) is 15.6 Å². The molecular formula is C19H23F3N4O5S2. The summed E-state index contributed by atoms with van der Waals surface area (Å²) in [5.74, 6) is -1.20. The molecule has 1 atom stereocenters. The number of carbonyl (C=O) groups excluding carboxylic acids is 3. The summed E-state index contributed by atoms with van der Waals surface area (Å²) >= 11 is 1.78. The van der Waals surface area contributed by atoms with Crippen molar-refractivity contribution in [3.05, 3.63) is 33.0 Å². The van der Waals surface area contributed by atoms with Gasteiger partial charge in [0.1, 0.15) is 11.6 Å². The molecule has 0 fully saturated rings. The van der Waals surface area contributed by atoms with Crippen LogP contribution in [0.3, 0.4) is 0 Å². The molecule has 2 aromatic rings. The fourth-order valence-corrected chi connectivity index (χ4v) is 3.98. The zero-order chi connectivity index (χ0) is 24.8. The Morgan fingerprint density at radius 3 is 2.45 bits per heavy atom. The summed E-state index contributed by atoms with van der Waals surface area (Å²) in [4.78, 5) is 39.6. The first-order chi connectivity index (χ1) is 15.3. The predicted molar refractivity (Wildman–Crippen MR) is 116 cm³/mol. The van der Waals surface area contributed by atoms with Gasteiger partial charge in [-0.1, -0.05) is 17.4 Å². The van der Waals surface area contributed by atoms with E-state index in [4.69, 9.17) is 4.74 Å². The van der Waals surface area contributed by atoms with E-state index in [-0.39, 0.29) is 16.6 Å². The summed E-state index contributed by atoms with van der Waals surface area (Å²) in [6.07, 6.45) is -5.75. The number of ether oxygens (including phenoxy) is 2. The highest BCUT2D eigenvalue weighted by Crippen LogP contribution is 2.36. The summed E-state index contributed by atoms with van der Waals surface area (Å²) < 4.78 is 50.1. The lowest BCUT2D eigenvalue weighted by Crippen LogP contribution is -2.46. The van der Waals surface area contributed by atoms with Crippen LogP contribution in [-0.2, 0) is 27.0 Å². The number of hydrogen-bond acceptors (Lipinski definition) is 9. The number of halogens is 3. The molecule has 182 valence electrons. The molecule has 0 aliphatic rings. The number of nitrogens with zero attached hydrogens (tertiary/aromatic N) is 1. The van der Waals surface area contributed by atoms with Crippen molar-refractivity contribution in [2.24, 2.45) is 0 Å². The van der Waals surface area contributed by atoms with Crippen molar-refractivity contribution in [3.63, 3.8) is 0 Å². The number of anilines is 1. The van der Waals surface area contributed by atoms with Crippen molar-refractivity contribution < 1.29 is 37.0 Å². The first kappa shape index (κ1) is 26.5. The second-order valence-electron chi connectivity index (χ2n) is 7.56. The first-order valence-electron chi connectivity index (χ1n) is 9.50. The van der Waals surface area contributed by atoms with Crippen molar-refractivity contribution in [3.8, 4) is 0 Å². The summed E-state index contributed by atoms with van der Waals surface area (Å²) in [6, 6.07) is 2.15. The van der Waals surface area contributed by atoms with Gasteiger partial charge < -0.3 is 14.8 Å². The van der Waals surface area contributed by atoms with E-state index in [0.717, 1.165) is 7.11 Å². The van der Waals surface area contributed by atoms with Crippen LogP contribution in [0.4, 0.5) is 23.1 Å². The molecule has 0 spiro atoms. The summed E-state index contributed by atoms with van der Waals surface area (Å²) in [5.41, 5.74) is -2.06. The summed E-state index contributed by atoms with van der Waals surface area (Å²) in [7, 11) is 1.12. The maximum Gasteiger partial charge on any atom is 0.434 e. The average molecular weight is 509 g/mol. The van der Waals surface area contributed by atoms with Gasteiger partial charge in [-0.25, -0.2) is 9.78 Å². The highest BCUT2D eigenvalue weighted by Gasteiger charge is 2.38. The highest BCUT2D eigenvalue weighted by atomic mass is 32.1. The Labute approximate surface area is 195 Å². The Bertz CT molecular complexity index is 971. The Balaban J connectivity index is 2.11. The minimum atomic E-state index is -4.80. The minimum Gasteiger partial charge on any atom is -0.468 e. The number of methoxy groups -OCH3 is 1. The van der Waals surface area contributed by atoms with Gasteiger partial charge in [0.15, 0.2) is 10.8 Å². The first-order valence-corrected chi connectivity index (χ1v) is 11.2. The SMILES string of the molecule is COC(=O)[C@H](CNC(=O)c1cccs1)NCc1sc(NC(=O)OC(C)(C)C)nc1C(F)(F)F. The van der Waals surface area contributed by atoms with Gasteiger partial charge >= 0.3 is 18.2 Å². The number of thiophene rings is 1. The van der Waals surface area contributed by atoms with E-state index in [2.05, 4.69) is 25.7 Å². The van der Waals surface area contributed by atoms with E-state index in [9.17, 15) is 27.6 Å². The molecular weight excluding hydrogens is 485 g/mol. The lowest BCUT2D eigenvalue weighted by molar-refractivity contribution is -0.143. The number of thiazole rings is 1. The van der Waals surface area contributed by atoms with E-state index in [1.54, 1.807) is 38.3 Å². The molecule has 0 saturated carbocycles. The topological polar surface area (TPSA) is 119 Å². The zero-order valence-electron chi connectivity index (χ0n) is 18.2. The molecule has 2 amide bonds. The maximum absolute atomic E-state index is 13.5. The molecule has 0 bridgehead atoms. The van der Waals surface area contributed by atoms with E-state index >= 15 is 0 Å². The van der Waals surface area contributed by atoms with Crippen LogP contribution in [0, 0.1) is 0 Å². The summed E-state index contributed by atoms with van der Waals surface area (Å²) in [6.45, 7) is 4.18. The van der Waals surface area contributed by atoms with Gasteiger partial charge in [-0.3, -0.25) is 20.2 Å². The van der Waals surface area contributed by atoms with Crippen LogP contribution in [0.5, 0.6) is 0 Å². The van der Waals surface area contributed by atoms with Gasteiger partial charge in [-0.05, 0) is 32.2 Å². The van der Waals surface area contributed by atoms with Crippen molar-refractivity contribution in [2.45, 2.75) is 45.1 Å². The molecule has 3 N–H and O–H groups in total. The van der Waals surface area contributed by atoms with Crippen LogP contribution in [0.2, 0.25) is 0 Å². The third kappa shape index (κ3) is 8.29. The van der Waals surface area contributed by atoms with Crippen LogP contribution < -0.4 is 16.0 Å². The number of aromatic nitrogens is 1. The number of amides is 2. The van der Waals surface area contributed by atoms with Crippen LogP contribution in [0.15, 0.2) is 17.5 Å². The standard InChI is InChI=1S/C19H23F3N4O5S2/c1-18(2,3)31-17(29)26-16-25-13(19(20,21)22)12(33-16)9-23-10(15(28)30-4)8-24-14(27)11-6-5-7-32-11/h5-7,10,23H,8-9H2,1-4H3,(H,24,27)(H,25,26,29)/t10-/m0/s1. The zero-order valence-corrected chi connectivity index (χ0v) is 19.8. The second kappa shape index (κ2) is 10.9. The molecule has 9 nitrogen and oxygen atoms in total. The van der Waals surface area contributed by atoms with Crippen molar-refractivity contribution in [1.29, 1.82) is 0 Å². The van der Waals surface area contributed by atoms with Crippen LogP contribution in [0.25, 0.3) is 0 Å². The Hall–Kier alpha value is -2.71. The largest absolute Gasteiger partial charge is 0.468 e. The van der Waals surface area contributed by atoms with Crippen LogP contribution >= 0.6 is 22.7 Å².